The minimum atomic E-state index is 0.625. The number of likely N-dealkylation sites (tertiary alicyclic amines) is 1. The zero-order valence-electron chi connectivity index (χ0n) is 6.95. The maximum absolute atomic E-state index is 2.65. The molecule has 0 aromatic heterocycles. The van der Waals surface area contributed by atoms with Crippen LogP contribution in [-0.4, -0.2) is 26.0 Å². The molecule has 3 heteroatoms. The average molecular weight is 379 g/mol. The smallest absolute Gasteiger partial charge is 0.0505 e. The zero-order chi connectivity index (χ0) is 8.32. The molecule has 1 heterocycles. The van der Waals surface area contributed by atoms with Crippen LogP contribution < -0.4 is 0 Å². The number of piperidine rings is 1. The van der Waals surface area contributed by atoms with Gasteiger partial charge in [0.2, 0.25) is 0 Å². The van der Waals surface area contributed by atoms with Crippen molar-refractivity contribution in [1.82, 2.24) is 4.90 Å². The summed E-state index contributed by atoms with van der Waals surface area (Å²) in [4.78, 5) is 2.53. The highest BCUT2D eigenvalue weighted by Crippen LogP contribution is 2.34. The first-order chi connectivity index (χ1) is 5.20. The number of hydrogen-bond acceptors (Lipinski definition) is 1. The van der Waals surface area contributed by atoms with Gasteiger partial charge < -0.3 is 0 Å². The van der Waals surface area contributed by atoms with Crippen LogP contribution in [0.25, 0.3) is 0 Å². The Kier molecular flexibility index (Phi) is 4.39. The van der Waals surface area contributed by atoms with E-state index >= 15 is 0 Å². The summed E-state index contributed by atoms with van der Waals surface area (Å²) in [6.45, 7) is 4.92. The molecule has 66 valence electrons. The van der Waals surface area contributed by atoms with Crippen molar-refractivity contribution >= 4 is 45.2 Å². The largest absolute Gasteiger partial charge is 0.294 e. The third-order valence-corrected chi connectivity index (χ3v) is 5.36. The van der Waals surface area contributed by atoms with Crippen molar-refractivity contribution in [1.29, 1.82) is 0 Å². The van der Waals surface area contributed by atoms with Crippen LogP contribution in [0.3, 0.4) is 0 Å². The molecule has 1 rings (SSSR count). The van der Waals surface area contributed by atoms with E-state index in [-0.39, 0.29) is 0 Å². The Bertz CT molecular complexity index is 119. The Labute approximate surface area is 96.6 Å². The van der Waals surface area contributed by atoms with Crippen molar-refractivity contribution in [3.05, 3.63) is 0 Å². The molecule has 1 saturated heterocycles. The van der Waals surface area contributed by atoms with Gasteiger partial charge in [-0.1, -0.05) is 52.1 Å². The van der Waals surface area contributed by atoms with Crippen molar-refractivity contribution in [2.75, 3.05) is 17.6 Å². The Morgan fingerprint density at radius 1 is 1.36 bits per heavy atom. The van der Waals surface area contributed by atoms with Crippen LogP contribution in [0.15, 0.2) is 0 Å². The summed E-state index contributed by atoms with van der Waals surface area (Å²) in [6.07, 6.45) is 4.10. The molecule has 0 aliphatic carbocycles. The molecule has 1 aliphatic rings. The lowest BCUT2D eigenvalue weighted by Gasteiger charge is -2.36. The molecule has 0 bridgehead atoms. The van der Waals surface area contributed by atoms with E-state index in [2.05, 4.69) is 57.0 Å². The summed E-state index contributed by atoms with van der Waals surface area (Å²) in [5, 5.41) is 0. The lowest BCUT2D eigenvalue weighted by atomic mass is 9.95. The monoisotopic (exact) mass is 379 g/mol. The molecule has 0 spiro atoms. The van der Waals surface area contributed by atoms with Crippen LogP contribution in [0, 0.1) is 0 Å². The van der Waals surface area contributed by atoms with Crippen molar-refractivity contribution < 1.29 is 0 Å². The van der Waals surface area contributed by atoms with Crippen molar-refractivity contribution in [2.45, 2.75) is 29.6 Å². The van der Waals surface area contributed by atoms with Gasteiger partial charge in [-0.05, 0) is 19.3 Å². The van der Waals surface area contributed by atoms with Crippen molar-refractivity contribution in [3.8, 4) is 0 Å². The van der Waals surface area contributed by atoms with Gasteiger partial charge in [-0.2, -0.15) is 0 Å². The predicted octanol–water partition coefficient (Wildman–Crippen LogP) is 3.06. The highest BCUT2D eigenvalue weighted by molar-refractivity contribution is 14.1. The van der Waals surface area contributed by atoms with Gasteiger partial charge >= 0.3 is 0 Å². The summed E-state index contributed by atoms with van der Waals surface area (Å²) in [6, 6.07) is 0. The molecule has 1 aliphatic heterocycles. The van der Waals surface area contributed by atoms with E-state index in [1.54, 1.807) is 0 Å². The second kappa shape index (κ2) is 4.60. The summed E-state index contributed by atoms with van der Waals surface area (Å²) >= 11 is 5.11. The Hall–Kier alpha value is 1.42. The minimum absolute atomic E-state index is 0.625. The van der Waals surface area contributed by atoms with Crippen LogP contribution in [0.2, 0.25) is 0 Å². The molecule has 0 unspecified atom stereocenters. The molecule has 0 amide bonds. The summed E-state index contributed by atoms with van der Waals surface area (Å²) in [5.74, 6) is 0. The number of halogens is 2. The van der Waals surface area contributed by atoms with Gasteiger partial charge in [0.1, 0.15) is 0 Å². The van der Waals surface area contributed by atoms with Gasteiger partial charge in [0, 0.05) is 16.5 Å². The summed E-state index contributed by atoms with van der Waals surface area (Å²) in [5.41, 5.74) is 0. The van der Waals surface area contributed by atoms with Gasteiger partial charge in [-0.15, -0.1) is 0 Å². The van der Waals surface area contributed by atoms with Crippen LogP contribution in [0.1, 0.15) is 26.2 Å². The first-order valence-corrected chi connectivity index (χ1v) is 6.78. The second-order valence-corrected chi connectivity index (χ2v) is 6.21. The minimum Gasteiger partial charge on any atom is -0.294 e. The quantitative estimate of drug-likeness (QED) is 0.405. The predicted molar refractivity (Wildman–Crippen MR) is 66.7 cm³/mol. The lowest BCUT2D eigenvalue weighted by molar-refractivity contribution is 0.239. The Morgan fingerprint density at radius 3 is 2.27 bits per heavy atom. The Balaban J connectivity index is 2.35. The normalized spacial score (nSPS) is 25.4. The first kappa shape index (κ1) is 10.5. The maximum atomic E-state index is 2.65. The first-order valence-electron chi connectivity index (χ1n) is 4.17. The zero-order valence-corrected chi connectivity index (χ0v) is 11.3. The third-order valence-electron chi connectivity index (χ3n) is 2.55. The van der Waals surface area contributed by atoms with Crippen molar-refractivity contribution in [2.24, 2.45) is 0 Å². The van der Waals surface area contributed by atoms with Crippen LogP contribution in [-0.2, 0) is 0 Å². The van der Waals surface area contributed by atoms with Crippen molar-refractivity contribution in [3.63, 3.8) is 0 Å². The second-order valence-electron chi connectivity index (χ2n) is 3.24. The van der Waals surface area contributed by atoms with E-state index in [1.165, 1.54) is 36.9 Å². The summed E-state index contributed by atoms with van der Waals surface area (Å²) in [7, 11) is 0. The maximum Gasteiger partial charge on any atom is 0.0505 e. The highest BCUT2D eigenvalue weighted by atomic mass is 127. The van der Waals surface area contributed by atoms with Crippen LogP contribution >= 0.6 is 45.2 Å². The molecule has 0 N–H and O–H groups in total. The number of nitrogens with zero attached hydrogens (tertiary/aromatic N) is 1. The van der Waals surface area contributed by atoms with Crippen LogP contribution in [0.4, 0.5) is 0 Å². The fourth-order valence-corrected chi connectivity index (χ4v) is 2.59. The highest BCUT2D eigenvalue weighted by Gasteiger charge is 2.29. The molecular formula is C8H15I2N. The lowest BCUT2D eigenvalue weighted by Crippen LogP contribution is -2.39. The number of hydrogen-bond donors (Lipinski definition) is 0. The molecule has 0 saturated carbocycles. The van der Waals surface area contributed by atoms with E-state index in [4.69, 9.17) is 0 Å². The molecule has 0 atom stereocenters. The van der Waals surface area contributed by atoms with Gasteiger partial charge in [-0.25, -0.2) is 0 Å². The van der Waals surface area contributed by atoms with Gasteiger partial charge in [0.25, 0.3) is 0 Å². The van der Waals surface area contributed by atoms with E-state index in [0.717, 1.165) is 0 Å². The molecular weight excluding hydrogens is 364 g/mol. The Morgan fingerprint density at radius 2 is 1.91 bits per heavy atom. The van der Waals surface area contributed by atoms with E-state index in [1.807, 2.05) is 0 Å². The number of alkyl halides is 2. The third kappa shape index (κ3) is 2.99. The van der Waals surface area contributed by atoms with E-state index in [9.17, 15) is 0 Å². The van der Waals surface area contributed by atoms with Gasteiger partial charge in [-0.3, -0.25) is 4.90 Å². The fourth-order valence-electron chi connectivity index (χ4n) is 1.43. The SMILES string of the molecule is CCC1(I)CCN(CI)CC1. The van der Waals surface area contributed by atoms with Gasteiger partial charge in [0.15, 0.2) is 0 Å². The topological polar surface area (TPSA) is 3.24 Å². The van der Waals surface area contributed by atoms with E-state index < -0.39 is 0 Å². The molecule has 11 heavy (non-hydrogen) atoms. The average Bonchev–Trinajstić information content (AvgIpc) is 2.06. The molecule has 0 aromatic carbocycles. The van der Waals surface area contributed by atoms with Gasteiger partial charge in [0.05, 0.1) is 4.55 Å². The number of rotatable bonds is 2. The fraction of sp³-hybridized carbons (Fsp3) is 1.00. The summed E-state index contributed by atoms with van der Waals surface area (Å²) < 4.78 is 1.83. The standard InChI is InChI=1S/C8H15I2N/c1-2-8(10)3-5-11(7-9)6-4-8/h2-7H2,1H3. The van der Waals surface area contributed by atoms with E-state index in [0.29, 0.717) is 3.42 Å². The molecule has 1 nitrogen and oxygen atoms in total. The van der Waals surface area contributed by atoms with Crippen LogP contribution in [0.5, 0.6) is 0 Å². The molecule has 1 fully saturated rings. The molecule has 0 aromatic rings. The molecule has 0 radical (unpaired) electrons.